The van der Waals surface area contributed by atoms with E-state index in [1.807, 2.05) is 0 Å². The second-order valence-electron chi connectivity index (χ2n) is 5.06. The standard InChI is InChI=1S/C17H12F3N3O2/c1-2-9-7-12-14(13(8-9)25-17(19)20)22-23-15(12)21-16(24)10-3-5-11(18)6-4-10/h2-8,17H,1H2,(H2,21,22,23,24). The summed E-state index contributed by atoms with van der Waals surface area (Å²) in [6.07, 6.45) is 1.45. The van der Waals surface area contributed by atoms with Gasteiger partial charge in [0, 0.05) is 10.9 Å². The van der Waals surface area contributed by atoms with Crippen molar-refractivity contribution in [3.8, 4) is 5.75 Å². The highest BCUT2D eigenvalue weighted by molar-refractivity contribution is 6.08. The van der Waals surface area contributed by atoms with Gasteiger partial charge in [-0.15, -0.1) is 0 Å². The van der Waals surface area contributed by atoms with Gasteiger partial charge in [0.25, 0.3) is 5.91 Å². The van der Waals surface area contributed by atoms with Crippen molar-refractivity contribution >= 4 is 28.7 Å². The fourth-order valence-electron chi connectivity index (χ4n) is 2.29. The Hall–Kier alpha value is -3.29. The number of carbonyl (C=O) groups is 1. The van der Waals surface area contributed by atoms with Crippen LogP contribution in [-0.2, 0) is 0 Å². The predicted octanol–water partition coefficient (Wildman–Crippen LogP) is 4.20. The minimum absolute atomic E-state index is 0.114. The second-order valence-corrected chi connectivity index (χ2v) is 5.06. The van der Waals surface area contributed by atoms with Crippen LogP contribution in [0, 0.1) is 5.82 Å². The highest BCUT2D eigenvalue weighted by Gasteiger charge is 2.17. The molecule has 1 aromatic heterocycles. The normalized spacial score (nSPS) is 10.9. The number of nitrogens with zero attached hydrogens (tertiary/aromatic N) is 1. The van der Waals surface area contributed by atoms with Crippen LogP contribution in [0.1, 0.15) is 15.9 Å². The Morgan fingerprint density at radius 3 is 2.64 bits per heavy atom. The van der Waals surface area contributed by atoms with Gasteiger partial charge in [0.05, 0.1) is 0 Å². The largest absolute Gasteiger partial charge is 0.432 e. The average molecular weight is 347 g/mol. The van der Waals surface area contributed by atoms with Crippen LogP contribution in [0.25, 0.3) is 17.0 Å². The van der Waals surface area contributed by atoms with E-state index < -0.39 is 18.3 Å². The fraction of sp³-hybridized carbons (Fsp3) is 0.0588. The molecule has 1 heterocycles. The Bertz CT molecular complexity index is 936. The predicted molar refractivity (Wildman–Crippen MR) is 87.2 cm³/mol. The van der Waals surface area contributed by atoms with Crippen molar-refractivity contribution in [1.82, 2.24) is 10.2 Å². The van der Waals surface area contributed by atoms with Gasteiger partial charge in [-0.3, -0.25) is 9.89 Å². The van der Waals surface area contributed by atoms with E-state index in [1.165, 1.54) is 24.3 Å². The van der Waals surface area contributed by atoms with Crippen LogP contribution in [0.15, 0.2) is 43.0 Å². The maximum atomic E-state index is 12.9. The van der Waals surface area contributed by atoms with Crippen molar-refractivity contribution in [2.24, 2.45) is 0 Å². The number of carbonyl (C=O) groups excluding carboxylic acids is 1. The van der Waals surface area contributed by atoms with Crippen LogP contribution >= 0.6 is 0 Å². The highest BCUT2D eigenvalue weighted by atomic mass is 19.3. The number of hydrogen-bond donors (Lipinski definition) is 2. The molecule has 8 heteroatoms. The molecule has 0 spiro atoms. The van der Waals surface area contributed by atoms with Gasteiger partial charge in [0.1, 0.15) is 11.3 Å². The molecule has 0 atom stereocenters. The zero-order chi connectivity index (χ0) is 18.0. The number of amides is 1. The molecule has 0 aliphatic rings. The topological polar surface area (TPSA) is 67.0 Å². The lowest BCUT2D eigenvalue weighted by Gasteiger charge is -2.07. The summed E-state index contributed by atoms with van der Waals surface area (Å²) < 4.78 is 42.6. The third-order valence-electron chi connectivity index (χ3n) is 3.45. The molecule has 25 heavy (non-hydrogen) atoms. The zero-order valence-corrected chi connectivity index (χ0v) is 12.7. The Morgan fingerprint density at radius 1 is 1.28 bits per heavy atom. The van der Waals surface area contributed by atoms with Crippen molar-refractivity contribution < 1.29 is 22.7 Å². The molecule has 0 radical (unpaired) electrons. The fourth-order valence-corrected chi connectivity index (χ4v) is 2.29. The van der Waals surface area contributed by atoms with Crippen molar-refractivity contribution in [1.29, 1.82) is 0 Å². The molecule has 0 unspecified atom stereocenters. The number of hydrogen-bond acceptors (Lipinski definition) is 3. The quantitative estimate of drug-likeness (QED) is 0.727. The van der Waals surface area contributed by atoms with Gasteiger partial charge >= 0.3 is 6.61 Å². The summed E-state index contributed by atoms with van der Waals surface area (Å²) in [4.78, 5) is 12.2. The van der Waals surface area contributed by atoms with Crippen molar-refractivity contribution in [3.05, 3.63) is 59.9 Å². The number of benzene rings is 2. The van der Waals surface area contributed by atoms with Crippen LogP contribution < -0.4 is 10.1 Å². The molecule has 0 saturated carbocycles. The first-order chi connectivity index (χ1) is 12.0. The lowest BCUT2D eigenvalue weighted by Crippen LogP contribution is -2.12. The van der Waals surface area contributed by atoms with Crippen LogP contribution in [-0.4, -0.2) is 22.7 Å². The van der Waals surface area contributed by atoms with Crippen molar-refractivity contribution in [2.45, 2.75) is 6.61 Å². The van der Waals surface area contributed by atoms with Gasteiger partial charge in [-0.25, -0.2) is 4.39 Å². The number of rotatable bonds is 5. The maximum absolute atomic E-state index is 12.9. The van der Waals surface area contributed by atoms with Gasteiger partial charge in [-0.1, -0.05) is 12.7 Å². The molecule has 0 fully saturated rings. The molecule has 0 bridgehead atoms. The van der Waals surface area contributed by atoms with Crippen LogP contribution in [0.2, 0.25) is 0 Å². The molecular weight excluding hydrogens is 335 g/mol. The minimum Gasteiger partial charge on any atom is -0.432 e. The Balaban J connectivity index is 1.98. The molecule has 5 nitrogen and oxygen atoms in total. The molecule has 3 aromatic rings. The van der Waals surface area contributed by atoms with E-state index in [2.05, 4.69) is 26.8 Å². The third kappa shape index (κ3) is 3.47. The summed E-state index contributed by atoms with van der Waals surface area (Å²) in [7, 11) is 0. The van der Waals surface area contributed by atoms with E-state index in [4.69, 9.17) is 0 Å². The second kappa shape index (κ2) is 6.68. The molecule has 3 rings (SSSR count). The minimum atomic E-state index is -3.01. The number of anilines is 1. The van der Waals surface area contributed by atoms with E-state index in [1.54, 1.807) is 6.07 Å². The first-order valence-corrected chi connectivity index (χ1v) is 7.14. The van der Waals surface area contributed by atoms with Crippen LogP contribution in [0.5, 0.6) is 5.75 Å². The molecule has 0 aliphatic heterocycles. The smallest absolute Gasteiger partial charge is 0.387 e. The third-order valence-corrected chi connectivity index (χ3v) is 3.45. The summed E-state index contributed by atoms with van der Waals surface area (Å²) in [5, 5.41) is 9.42. The van der Waals surface area contributed by atoms with Crippen molar-refractivity contribution in [2.75, 3.05) is 5.32 Å². The lowest BCUT2D eigenvalue weighted by atomic mass is 10.1. The Morgan fingerprint density at radius 2 is 2.00 bits per heavy atom. The first-order valence-electron chi connectivity index (χ1n) is 7.14. The molecule has 128 valence electrons. The lowest BCUT2D eigenvalue weighted by molar-refractivity contribution is -0.0489. The summed E-state index contributed by atoms with van der Waals surface area (Å²) in [5.74, 6) is -0.968. The zero-order valence-electron chi connectivity index (χ0n) is 12.7. The van der Waals surface area contributed by atoms with Gasteiger partial charge in [-0.05, 0) is 42.0 Å². The van der Waals surface area contributed by atoms with E-state index in [0.29, 0.717) is 10.9 Å². The van der Waals surface area contributed by atoms with Gasteiger partial charge in [0.2, 0.25) is 0 Å². The van der Waals surface area contributed by atoms with Gasteiger partial charge in [-0.2, -0.15) is 13.9 Å². The highest BCUT2D eigenvalue weighted by Crippen LogP contribution is 2.32. The van der Waals surface area contributed by atoms with E-state index in [-0.39, 0.29) is 22.6 Å². The Labute approximate surface area is 140 Å². The summed E-state index contributed by atoms with van der Waals surface area (Å²) >= 11 is 0. The number of aromatic nitrogens is 2. The molecular formula is C17H12F3N3O2. The number of nitrogens with one attached hydrogen (secondary N) is 2. The SMILES string of the molecule is C=Cc1cc(OC(F)F)c2[nH]nc(NC(=O)c3ccc(F)cc3)c2c1. The van der Waals surface area contributed by atoms with E-state index in [9.17, 15) is 18.0 Å². The average Bonchev–Trinajstić information content (AvgIpc) is 2.98. The molecule has 2 aromatic carbocycles. The summed E-state index contributed by atoms with van der Waals surface area (Å²) in [6.45, 7) is 0.582. The monoisotopic (exact) mass is 347 g/mol. The molecule has 1 amide bonds. The Kier molecular flexibility index (Phi) is 4.42. The molecule has 0 aliphatic carbocycles. The van der Waals surface area contributed by atoms with Gasteiger partial charge in [0.15, 0.2) is 11.6 Å². The number of ether oxygens (including phenoxy) is 1. The van der Waals surface area contributed by atoms with Crippen LogP contribution in [0.4, 0.5) is 19.0 Å². The van der Waals surface area contributed by atoms with Crippen molar-refractivity contribution in [3.63, 3.8) is 0 Å². The molecule has 0 saturated heterocycles. The van der Waals surface area contributed by atoms with Gasteiger partial charge < -0.3 is 10.1 Å². The number of fused-ring (bicyclic) bond motifs is 1. The summed E-state index contributed by atoms with van der Waals surface area (Å²) in [6, 6.07) is 7.94. The summed E-state index contributed by atoms with van der Waals surface area (Å²) in [5.41, 5.74) is 0.948. The number of alkyl halides is 2. The van der Waals surface area contributed by atoms with E-state index >= 15 is 0 Å². The maximum Gasteiger partial charge on any atom is 0.387 e. The molecule has 2 N–H and O–H groups in total. The first kappa shape index (κ1) is 16.6. The van der Waals surface area contributed by atoms with Crippen LogP contribution in [0.3, 0.4) is 0 Å². The van der Waals surface area contributed by atoms with E-state index in [0.717, 1.165) is 12.1 Å². The number of aromatic amines is 1. The number of halogens is 3. The number of H-pyrrole nitrogens is 1.